The second-order valence-electron chi connectivity index (χ2n) is 4.52. The number of rotatable bonds is 5. The number of halogens is 2. The Morgan fingerprint density at radius 2 is 1.89 bits per heavy atom. The van der Waals surface area contributed by atoms with Crippen molar-refractivity contribution in [2.45, 2.75) is 24.9 Å². The highest BCUT2D eigenvalue weighted by Crippen LogP contribution is 2.28. The molecule has 0 saturated heterocycles. The van der Waals surface area contributed by atoms with Gasteiger partial charge in [-0.05, 0) is 17.5 Å². The number of carboxylic acids is 1. The molecule has 1 atom stereocenters. The van der Waals surface area contributed by atoms with Gasteiger partial charge in [0.2, 0.25) is 0 Å². The van der Waals surface area contributed by atoms with Crippen LogP contribution in [0.4, 0.5) is 0 Å². The SMILES string of the molecule is CC(C)C(C(=O)O)S(=O)(=O)Cc1cccc(Cl)c1Cl. The predicted molar refractivity (Wildman–Crippen MR) is 75.3 cm³/mol. The molecule has 0 saturated carbocycles. The summed E-state index contributed by atoms with van der Waals surface area (Å²) in [6, 6.07) is 4.63. The molecule has 106 valence electrons. The van der Waals surface area contributed by atoms with Crippen LogP contribution in [0.15, 0.2) is 18.2 Å². The molecule has 1 N–H and O–H groups in total. The lowest BCUT2D eigenvalue weighted by atomic mass is 10.1. The topological polar surface area (TPSA) is 71.4 Å². The largest absolute Gasteiger partial charge is 0.480 e. The molecule has 1 aromatic carbocycles. The Bertz CT molecular complexity index is 581. The average molecular weight is 325 g/mol. The van der Waals surface area contributed by atoms with E-state index in [-0.39, 0.29) is 10.0 Å². The minimum Gasteiger partial charge on any atom is -0.480 e. The van der Waals surface area contributed by atoms with Crippen molar-refractivity contribution in [3.63, 3.8) is 0 Å². The molecule has 1 rings (SSSR count). The van der Waals surface area contributed by atoms with Gasteiger partial charge in [0.25, 0.3) is 0 Å². The van der Waals surface area contributed by atoms with E-state index in [1.54, 1.807) is 19.9 Å². The Labute approximate surface area is 122 Å². The van der Waals surface area contributed by atoms with Crippen molar-refractivity contribution in [3.05, 3.63) is 33.8 Å². The van der Waals surface area contributed by atoms with Gasteiger partial charge in [-0.3, -0.25) is 4.79 Å². The summed E-state index contributed by atoms with van der Waals surface area (Å²) in [5.41, 5.74) is 0.307. The first-order valence-corrected chi connectivity index (χ1v) is 8.01. The number of sulfone groups is 1. The fourth-order valence-corrected chi connectivity index (χ4v) is 4.28. The molecule has 0 fully saturated rings. The highest BCUT2D eigenvalue weighted by molar-refractivity contribution is 7.92. The van der Waals surface area contributed by atoms with Crippen LogP contribution in [-0.2, 0) is 20.4 Å². The van der Waals surface area contributed by atoms with Gasteiger partial charge in [-0.1, -0.05) is 49.2 Å². The van der Waals surface area contributed by atoms with Crippen molar-refractivity contribution in [2.75, 3.05) is 0 Å². The standard InChI is InChI=1S/C12H14Cl2O4S/c1-7(2)11(12(15)16)19(17,18)6-8-4-3-5-9(13)10(8)14/h3-5,7,11H,6H2,1-2H3,(H,15,16). The summed E-state index contributed by atoms with van der Waals surface area (Å²) >= 11 is 11.7. The molecule has 0 bridgehead atoms. The molecule has 0 aliphatic carbocycles. The molecule has 1 unspecified atom stereocenters. The average Bonchev–Trinajstić information content (AvgIpc) is 2.22. The van der Waals surface area contributed by atoms with Crippen molar-refractivity contribution in [1.29, 1.82) is 0 Å². The highest BCUT2D eigenvalue weighted by atomic mass is 35.5. The van der Waals surface area contributed by atoms with E-state index in [4.69, 9.17) is 28.3 Å². The maximum Gasteiger partial charge on any atom is 0.322 e. The number of carbonyl (C=O) groups is 1. The third kappa shape index (κ3) is 3.84. The third-order valence-corrected chi connectivity index (χ3v) is 5.72. The van der Waals surface area contributed by atoms with Crippen LogP contribution in [0.3, 0.4) is 0 Å². The molecule has 7 heteroatoms. The summed E-state index contributed by atoms with van der Waals surface area (Å²) in [4.78, 5) is 11.1. The van der Waals surface area contributed by atoms with Gasteiger partial charge in [0.1, 0.15) is 0 Å². The molecule has 19 heavy (non-hydrogen) atoms. The van der Waals surface area contributed by atoms with Gasteiger partial charge in [0.15, 0.2) is 15.1 Å². The Hall–Kier alpha value is -0.780. The van der Waals surface area contributed by atoms with Crippen LogP contribution in [-0.4, -0.2) is 24.7 Å². The highest BCUT2D eigenvalue weighted by Gasteiger charge is 2.35. The van der Waals surface area contributed by atoms with E-state index in [0.717, 1.165) is 0 Å². The zero-order valence-electron chi connectivity index (χ0n) is 10.4. The zero-order chi connectivity index (χ0) is 14.8. The Balaban J connectivity index is 3.15. The lowest BCUT2D eigenvalue weighted by Gasteiger charge is -2.17. The summed E-state index contributed by atoms with van der Waals surface area (Å²) in [6.45, 7) is 3.10. The van der Waals surface area contributed by atoms with Gasteiger partial charge in [-0.25, -0.2) is 8.42 Å². The van der Waals surface area contributed by atoms with Crippen molar-refractivity contribution in [3.8, 4) is 0 Å². The number of hydrogen-bond acceptors (Lipinski definition) is 3. The molecule has 1 aromatic rings. The first-order chi connectivity index (χ1) is 8.66. The van der Waals surface area contributed by atoms with Gasteiger partial charge in [-0.15, -0.1) is 0 Å². The minimum absolute atomic E-state index is 0.139. The Morgan fingerprint density at radius 1 is 1.32 bits per heavy atom. The molecule has 4 nitrogen and oxygen atoms in total. The van der Waals surface area contributed by atoms with Gasteiger partial charge in [-0.2, -0.15) is 0 Å². The quantitative estimate of drug-likeness (QED) is 0.903. The lowest BCUT2D eigenvalue weighted by molar-refractivity contribution is -0.137. The number of aliphatic carboxylic acids is 1. The number of hydrogen-bond donors (Lipinski definition) is 1. The van der Waals surface area contributed by atoms with Crippen LogP contribution in [0.2, 0.25) is 10.0 Å². The van der Waals surface area contributed by atoms with Crippen molar-refractivity contribution in [2.24, 2.45) is 5.92 Å². The second kappa shape index (κ2) is 6.11. The van der Waals surface area contributed by atoms with Gasteiger partial charge >= 0.3 is 5.97 Å². The number of carboxylic acid groups (broad SMARTS) is 1. The zero-order valence-corrected chi connectivity index (χ0v) is 12.8. The maximum absolute atomic E-state index is 12.2. The number of benzene rings is 1. The van der Waals surface area contributed by atoms with Crippen LogP contribution < -0.4 is 0 Å². The fourth-order valence-electron chi connectivity index (χ4n) is 1.82. The first kappa shape index (κ1) is 16.3. The smallest absolute Gasteiger partial charge is 0.322 e. The van der Waals surface area contributed by atoms with Crippen molar-refractivity contribution < 1.29 is 18.3 Å². The molecular formula is C12H14Cl2O4S. The second-order valence-corrected chi connectivity index (χ2v) is 7.43. The van der Waals surface area contributed by atoms with Crippen LogP contribution in [0, 0.1) is 5.92 Å². The minimum atomic E-state index is -3.86. The Kier molecular flexibility index (Phi) is 5.24. The van der Waals surface area contributed by atoms with Crippen molar-refractivity contribution >= 4 is 39.0 Å². The predicted octanol–water partition coefficient (Wildman–Crippen LogP) is 3.02. The van der Waals surface area contributed by atoms with Crippen molar-refractivity contribution in [1.82, 2.24) is 0 Å². The third-order valence-electron chi connectivity index (χ3n) is 2.62. The van der Waals surface area contributed by atoms with E-state index in [1.807, 2.05) is 0 Å². The van der Waals surface area contributed by atoms with Crippen LogP contribution >= 0.6 is 23.2 Å². The van der Waals surface area contributed by atoms with E-state index in [2.05, 4.69) is 0 Å². The van der Waals surface area contributed by atoms with Gasteiger partial charge in [0, 0.05) is 0 Å². The fraction of sp³-hybridized carbons (Fsp3) is 0.417. The Morgan fingerprint density at radius 3 is 2.37 bits per heavy atom. The monoisotopic (exact) mass is 324 g/mol. The molecule has 0 heterocycles. The van der Waals surface area contributed by atoms with Crippen LogP contribution in [0.5, 0.6) is 0 Å². The van der Waals surface area contributed by atoms with E-state index in [0.29, 0.717) is 5.56 Å². The molecule has 0 aromatic heterocycles. The normalized spacial score (nSPS) is 13.5. The van der Waals surface area contributed by atoms with Crippen LogP contribution in [0.1, 0.15) is 19.4 Å². The lowest BCUT2D eigenvalue weighted by Crippen LogP contribution is -2.35. The van der Waals surface area contributed by atoms with E-state index >= 15 is 0 Å². The van der Waals surface area contributed by atoms with Gasteiger partial charge in [0.05, 0.1) is 15.8 Å². The first-order valence-electron chi connectivity index (χ1n) is 5.54. The molecule has 0 spiro atoms. The summed E-state index contributed by atoms with van der Waals surface area (Å²) in [6.07, 6.45) is 0. The van der Waals surface area contributed by atoms with E-state index < -0.39 is 32.7 Å². The van der Waals surface area contributed by atoms with Gasteiger partial charge < -0.3 is 5.11 Å². The summed E-state index contributed by atoms with van der Waals surface area (Å²) in [5, 5.41) is 7.97. The molecule has 0 aliphatic rings. The molecular weight excluding hydrogens is 311 g/mol. The summed E-state index contributed by atoms with van der Waals surface area (Å²) in [5.74, 6) is -2.32. The maximum atomic E-state index is 12.2. The van der Waals surface area contributed by atoms with Crippen LogP contribution in [0.25, 0.3) is 0 Å². The molecule has 0 aliphatic heterocycles. The molecule has 0 amide bonds. The van der Waals surface area contributed by atoms with E-state index in [1.165, 1.54) is 12.1 Å². The summed E-state index contributed by atoms with van der Waals surface area (Å²) < 4.78 is 24.3. The van der Waals surface area contributed by atoms with E-state index in [9.17, 15) is 13.2 Å². The molecule has 0 radical (unpaired) electrons. The summed E-state index contributed by atoms with van der Waals surface area (Å²) in [7, 11) is -3.86.